The molecule has 0 spiro atoms. The topological polar surface area (TPSA) is 81.4 Å². The van der Waals surface area contributed by atoms with Crippen molar-refractivity contribution < 1.29 is 14.6 Å². The zero-order valence-electron chi connectivity index (χ0n) is 16.6. The average Bonchev–Trinajstić information content (AvgIpc) is 3.44. The predicted octanol–water partition coefficient (Wildman–Crippen LogP) is 4.82. The van der Waals surface area contributed by atoms with Gasteiger partial charge in [0.2, 0.25) is 0 Å². The van der Waals surface area contributed by atoms with Gasteiger partial charge in [0.1, 0.15) is 9.26 Å². The second-order valence-corrected chi connectivity index (χ2v) is 9.92. The van der Waals surface area contributed by atoms with E-state index in [-0.39, 0.29) is 17.0 Å². The first kappa shape index (κ1) is 22.1. The Morgan fingerprint density at radius 1 is 1.45 bits per heavy atom. The lowest BCUT2D eigenvalue weighted by Crippen LogP contribution is -2.29. The maximum atomic E-state index is 11.9. The Morgan fingerprint density at radius 3 is 2.72 bits per heavy atom. The lowest BCUT2D eigenvalue weighted by molar-refractivity contribution is 0.0693. The number of aromatic nitrogens is 2. The molecule has 1 N–H and O–H groups in total. The van der Waals surface area contributed by atoms with Crippen LogP contribution in [0.15, 0.2) is 29.3 Å². The molecule has 3 rings (SSSR count). The molecule has 0 amide bonds. The molecule has 0 radical (unpaired) electrons. The number of hydrogen-bond acceptors (Lipinski definition) is 4. The highest BCUT2D eigenvalue weighted by Crippen LogP contribution is 2.37. The van der Waals surface area contributed by atoms with E-state index in [0.717, 1.165) is 9.26 Å². The summed E-state index contributed by atoms with van der Waals surface area (Å²) in [6.07, 6.45) is 6.03. The van der Waals surface area contributed by atoms with Crippen LogP contribution in [0.2, 0.25) is 5.15 Å². The number of rotatable bonds is 7. The third-order valence-electron chi connectivity index (χ3n) is 5.09. The third-order valence-corrected chi connectivity index (χ3v) is 6.29. The fraction of sp³-hybridized carbons (Fsp3) is 0.476. The minimum atomic E-state index is -1.23. The molecule has 0 unspecified atom stereocenters. The molecule has 0 saturated heterocycles. The van der Waals surface area contributed by atoms with Crippen LogP contribution in [0.5, 0.6) is 5.75 Å². The molecule has 1 aliphatic carbocycles. The summed E-state index contributed by atoms with van der Waals surface area (Å²) in [6, 6.07) is 3.13. The van der Waals surface area contributed by atoms with Gasteiger partial charge in [0.15, 0.2) is 16.3 Å². The first-order chi connectivity index (χ1) is 13.6. The summed E-state index contributed by atoms with van der Waals surface area (Å²) in [7, 11) is 0. The number of nitrogens with zero attached hydrogens (tertiary/aromatic N) is 2. The van der Waals surface area contributed by atoms with E-state index >= 15 is 0 Å². The van der Waals surface area contributed by atoms with Gasteiger partial charge in [-0.3, -0.25) is 4.79 Å². The lowest BCUT2D eigenvalue weighted by Gasteiger charge is -2.33. The highest BCUT2D eigenvalue weighted by molar-refractivity contribution is 14.1. The van der Waals surface area contributed by atoms with Gasteiger partial charge in [0.05, 0.1) is 6.61 Å². The van der Waals surface area contributed by atoms with Crippen molar-refractivity contribution in [1.29, 1.82) is 0 Å². The van der Waals surface area contributed by atoms with Crippen LogP contribution in [0, 0.1) is 15.0 Å². The fourth-order valence-electron chi connectivity index (χ4n) is 3.15. The zero-order valence-corrected chi connectivity index (χ0v) is 19.5. The van der Waals surface area contributed by atoms with Crippen LogP contribution >= 0.6 is 34.2 Å². The second-order valence-electron chi connectivity index (χ2n) is 8.54. The number of pyridine rings is 2. The van der Waals surface area contributed by atoms with Crippen molar-refractivity contribution in [2.45, 2.75) is 46.1 Å². The highest BCUT2D eigenvalue weighted by Gasteiger charge is 2.29. The van der Waals surface area contributed by atoms with Crippen LogP contribution in [-0.4, -0.2) is 27.2 Å². The number of carboxylic acids is 1. The van der Waals surface area contributed by atoms with Gasteiger partial charge in [0, 0.05) is 24.5 Å². The summed E-state index contributed by atoms with van der Waals surface area (Å²) in [5.41, 5.74) is 0.0260. The van der Waals surface area contributed by atoms with E-state index in [1.807, 2.05) is 6.07 Å². The number of carboxylic acid groups (broad SMARTS) is 1. The molecule has 0 aliphatic heterocycles. The molecule has 29 heavy (non-hydrogen) atoms. The molecule has 2 aromatic heterocycles. The molecule has 156 valence electrons. The summed E-state index contributed by atoms with van der Waals surface area (Å²) >= 11 is 8.43. The van der Waals surface area contributed by atoms with Gasteiger partial charge in [-0.25, -0.2) is 9.78 Å². The van der Waals surface area contributed by atoms with Crippen molar-refractivity contribution in [1.82, 2.24) is 9.55 Å². The molecule has 8 heteroatoms. The Hall–Kier alpha value is -1.61. The maximum Gasteiger partial charge on any atom is 0.341 e. The minimum absolute atomic E-state index is 0.103. The number of hydrogen-bond donors (Lipinski definition) is 1. The van der Waals surface area contributed by atoms with E-state index in [4.69, 9.17) is 16.3 Å². The molecule has 1 saturated carbocycles. The maximum absolute atomic E-state index is 11.9. The van der Waals surface area contributed by atoms with Crippen molar-refractivity contribution in [3.8, 4) is 5.75 Å². The van der Waals surface area contributed by atoms with Crippen LogP contribution in [-0.2, 0) is 6.42 Å². The van der Waals surface area contributed by atoms with E-state index in [2.05, 4.69) is 48.3 Å². The molecular formula is C21H24ClIN2O4. The van der Waals surface area contributed by atoms with E-state index in [1.54, 1.807) is 10.8 Å². The van der Waals surface area contributed by atoms with Crippen molar-refractivity contribution >= 4 is 40.2 Å². The quantitative estimate of drug-likeness (QED) is 0.410. The first-order valence-electron chi connectivity index (χ1n) is 9.49. The standard InChI is InChI=1S/C21H24ClIN2O4/c1-21(2,3)17(25-7-6-15(26)14(10-25)20(27)28)9-13-8-16(18(22)24-19(13)23)29-11-12-4-5-12/h6-8,10,12,17H,4-5,9,11H2,1-3H3,(H,27,28)/t17-/m1/s1. The molecule has 0 bridgehead atoms. The van der Waals surface area contributed by atoms with Crippen LogP contribution in [0.1, 0.15) is 55.6 Å². The Labute approximate surface area is 188 Å². The van der Waals surface area contributed by atoms with Crippen molar-refractivity contribution in [3.63, 3.8) is 0 Å². The first-order valence-corrected chi connectivity index (χ1v) is 10.9. The van der Waals surface area contributed by atoms with Gasteiger partial charge in [-0.1, -0.05) is 32.4 Å². The molecule has 0 aromatic carbocycles. The third kappa shape index (κ3) is 5.51. The van der Waals surface area contributed by atoms with E-state index in [9.17, 15) is 14.7 Å². The van der Waals surface area contributed by atoms with Crippen LogP contribution in [0.4, 0.5) is 0 Å². The summed E-state index contributed by atoms with van der Waals surface area (Å²) in [5, 5.41) is 9.68. The molecule has 1 aliphatic rings. The number of aromatic carboxylic acids is 1. The number of carbonyl (C=O) groups is 1. The van der Waals surface area contributed by atoms with Gasteiger partial charge >= 0.3 is 5.97 Å². The van der Waals surface area contributed by atoms with E-state index in [0.29, 0.717) is 29.8 Å². The molecule has 2 aromatic rings. The average molecular weight is 531 g/mol. The largest absolute Gasteiger partial charge is 0.490 e. The van der Waals surface area contributed by atoms with Gasteiger partial charge in [-0.2, -0.15) is 0 Å². The van der Waals surface area contributed by atoms with Gasteiger partial charge in [-0.15, -0.1) is 0 Å². The Balaban J connectivity index is 1.95. The summed E-state index contributed by atoms with van der Waals surface area (Å²) in [4.78, 5) is 27.7. The molecule has 1 atom stereocenters. The lowest BCUT2D eigenvalue weighted by atomic mass is 9.83. The smallest absolute Gasteiger partial charge is 0.341 e. The Bertz CT molecular complexity index is 980. The van der Waals surface area contributed by atoms with Crippen LogP contribution in [0.3, 0.4) is 0 Å². The number of ether oxygens (including phenoxy) is 1. The SMILES string of the molecule is CC(C)(C)[C@@H](Cc1cc(OCC2CC2)c(Cl)nc1I)n1ccc(=O)c(C(=O)O)c1. The van der Waals surface area contributed by atoms with Gasteiger partial charge in [-0.05, 0) is 64.8 Å². The van der Waals surface area contributed by atoms with Crippen LogP contribution < -0.4 is 10.2 Å². The van der Waals surface area contributed by atoms with Crippen molar-refractivity contribution in [3.05, 3.63) is 54.7 Å². The minimum Gasteiger partial charge on any atom is -0.490 e. The summed E-state index contributed by atoms with van der Waals surface area (Å²) in [5.74, 6) is -0.0463. The van der Waals surface area contributed by atoms with Gasteiger partial charge < -0.3 is 14.4 Å². The second kappa shape index (κ2) is 8.63. The fourth-order valence-corrected chi connectivity index (χ4v) is 4.10. The van der Waals surface area contributed by atoms with Crippen molar-refractivity contribution in [2.75, 3.05) is 6.61 Å². The predicted molar refractivity (Wildman–Crippen MR) is 120 cm³/mol. The molecule has 2 heterocycles. The number of halogens is 2. The van der Waals surface area contributed by atoms with Gasteiger partial charge in [0.25, 0.3) is 0 Å². The van der Waals surface area contributed by atoms with Crippen molar-refractivity contribution in [2.24, 2.45) is 11.3 Å². The highest BCUT2D eigenvalue weighted by atomic mass is 127. The van der Waals surface area contributed by atoms with E-state index < -0.39 is 11.4 Å². The normalized spacial score (nSPS) is 15.2. The zero-order chi connectivity index (χ0) is 21.3. The summed E-state index contributed by atoms with van der Waals surface area (Å²) in [6.45, 7) is 6.89. The molecule has 1 fully saturated rings. The van der Waals surface area contributed by atoms with Crippen LogP contribution in [0.25, 0.3) is 0 Å². The monoisotopic (exact) mass is 530 g/mol. The Morgan fingerprint density at radius 2 is 2.14 bits per heavy atom. The Kier molecular flexibility index (Phi) is 6.57. The molecule has 6 nitrogen and oxygen atoms in total. The van der Waals surface area contributed by atoms with E-state index in [1.165, 1.54) is 25.1 Å². The summed E-state index contributed by atoms with van der Waals surface area (Å²) < 4.78 is 8.46. The molecular weight excluding hydrogens is 507 g/mol.